The largest absolute Gasteiger partial charge is 0.756 e. The van der Waals surface area contributed by atoms with Crippen molar-refractivity contribution >= 4 is 30.2 Å². The number of esters is 2. The highest BCUT2D eigenvalue weighted by Gasteiger charge is 2.52. The lowest BCUT2D eigenvalue weighted by Gasteiger charge is -2.33. The molecule has 2 fully saturated rings. The van der Waals surface area contributed by atoms with Crippen molar-refractivity contribution in [2.75, 3.05) is 67.3 Å². The van der Waals surface area contributed by atoms with Crippen molar-refractivity contribution in [3.8, 4) is 0 Å². The zero-order chi connectivity index (χ0) is 45.2. The summed E-state index contributed by atoms with van der Waals surface area (Å²) in [6.45, 7) is 1.04. The zero-order valence-corrected chi connectivity index (χ0v) is 38.8. The number of allylic oxidation sites excluding steroid dienone is 1. The number of fused-ring (bicyclic) bond motifs is 2. The highest BCUT2D eigenvalue weighted by atomic mass is 32.3. The number of aliphatic hydroxyl groups is 1. The molecule has 4 N–H and O–H groups in total. The first-order valence-corrected chi connectivity index (χ1v) is 25.0. The Kier molecular flexibility index (Phi) is 27.1. The van der Waals surface area contributed by atoms with E-state index in [1.54, 1.807) is 6.08 Å². The van der Waals surface area contributed by atoms with Crippen LogP contribution in [0.5, 0.6) is 0 Å². The minimum Gasteiger partial charge on any atom is -0.756 e. The van der Waals surface area contributed by atoms with E-state index in [0.29, 0.717) is 36.9 Å². The second-order valence-electron chi connectivity index (χ2n) is 17.3. The monoisotopic (exact) mass is 916 g/mol. The number of ether oxygens (including phenoxy) is 5. The number of carbonyl (C=O) groups is 2. The summed E-state index contributed by atoms with van der Waals surface area (Å²) < 4.78 is 84.8. The van der Waals surface area contributed by atoms with Gasteiger partial charge in [-0.25, -0.2) is 8.98 Å². The van der Waals surface area contributed by atoms with E-state index in [2.05, 4.69) is 4.18 Å². The van der Waals surface area contributed by atoms with Gasteiger partial charge in [0.05, 0.1) is 59.2 Å². The molecule has 2 aliphatic heterocycles. The van der Waals surface area contributed by atoms with E-state index < -0.39 is 60.8 Å². The molecule has 0 amide bonds. The quantitative estimate of drug-likeness (QED) is 0.0184. The van der Waals surface area contributed by atoms with Gasteiger partial charge in [0.2, 0.25) is 0 Å². The van der Waals surface area contributed by atoms with Gasteiger partial charge in [0, 0.05) is 32.4 Å². The van der Waals surface area contributed by atoms with Crippen LogP contribution in [0.1, 0.15) is 135 Å². The molecule has 20 heteroatoms. The maximum atomic E-state index is 12.4. The molecule has 358 valence electrons. The second-order valence-corrected chi connectivity index (χ2v) is 19.8. The van der Waals surface area contributed by atoms with Gasteiger partial charge in [-0.3, -0.25) is 13.9 Å². The summed E-state index contributed by atoms with van der Waals surface area (Å²) in [4.78, 5) is 35.9. The average Bonchev–Trinajstić information content (AvgIpc) is 3.48. The second kappa shape index (κ2) is 29.8. The topological polar surface area (TPSA) is 249 Å². The number of nitrogens with two attached hydrogens (primary N) is 1. The molecular weight excluding hydrogens is 839 g/mol. The summed E-state index contributed by atoms with van der Waals surface area (Å²) in [6.07, 6.45) is 20.9. The van der Waals surface area contributed by atoms with Crippen LogP contribution < -0.4 is 10.6 Å². The fourth-order valence-corrected chi connectivity index (χ4v) is 8.17. The van der Waals surface area contributed by atoms with Crippen LogP contribution in [0.15, 0.2) is 12.2 Å². The van der Waals surface area contributed by atoms with Gasteiger partial charge < -0.3 is 52.9 Å². The smallest absolute Gasteiger partial charge is 0.397 e. The highest BCUT2D eigenvalue weighted by molar-refractivity contribution is 7.80. The normalized spacial score (nSPS) is 22.6. The lowest BCUT2D eigenvalue weighted by molar-refractivity contribution is -0.870. The molecule has 1 unspecified atom stereocenters. The van der Waals surface area contributed by atoms with E-state index in [-0.39, 0.29) is 38.6 Å². The summed E-state index contributed by atoms with van der Waals surface area (Å²) in [7, 11) is -3.47. The number of hydrogen-bond acceptors (Lipinski definition) is 16. The Morgan fingerprint density at radius 1 is 0.885 bits per heavy atom. The van der Waals surface area contributed by atoms with Crippen molar-refractivity contribution in [3.63, 3.8) is 0 Å². The lowest BCUT2D eigenvalue weighted by Crippen LogP contribution is -2.41. The summed E-state index contributed by atoms with van der Waals surface area (Å²) in [5.74, 6) is -1.93. The number of phosphoric ester groups is 1. The molecule has 61 heavy (non-hydrogen) atoms. The van der Waals surface area contributed by atoms with Crippen LogP contribution in [0.25, 0.3) is 0 Å². The first-order valence-electron chi connectivity index (χ1n) is 22.2. The van der Waals surface area contributed by atoms with Gasteiger partial charge >= 0.3 is 22.3 Å². The maximum absolute atomic E-state index is 12.4. The third kappa shape index (κ3) is 28.1. The molecule has 2 aliphatic rings. The SMILES string of the molecule is CC(=O)OC[C@H](COP(=O)([O-])OCC[N+](C)(C)C)OC(=O)/C=C/CCCCC[C@H]1O[C@]2(CCCCCCCCCCCCCCOC[C@@H](N)COS(=O)(=O)O)CC[C@@H](O)[C@H]1O2. The Hall–Kier alpha value is -1.58. The molecule has 0 aromatic carbocycles. The highest BCUT2D eigenvalue weighted by Crippen LogP contribution is 2.44. The summed E-state index contributed by atoms with van der Waals surface area (Å²) in [5, 5.41) is 10.7. The molecule has 2 heterocycles. The van der Waals surface area contributed by atoms with Gasteiger partial charge in [-0.05, 0) is 38.5 Å². The van der Waals surface area contributed by atoms with Crippen LogP contribution in [0, 0.1) is 0 Å². The Morgan fingerprint density at radius 2 is 1.51 bits per heavy atom. The fourth-order valence-electron chi connectivity index (χ4n) is 7.09. The van der Waals surface area contributed by atoms with Crippen LogP contribution in [-0.4, -0.2) is 138 Å². The van der Waals surface area contributed by atoms with Gasteiger partial charge in [0.15, 0.2) is 11.9 Å². The van der Waals surface area contributed by atoms with Crippen LogP contribution in [0.2, 0.25) is 0 Å². The molecule has 2 rings (SSSR count). The van der Waals surface area contributed by atoms with E-state index in [1.165, 1.54) is 57.9 Å². The van der Waals surface area contributed by atoms with Gasteiger partial charge in [-0.1, -0.05) is 83.1 Å². The molecule has 0 aromatic heterocycles. The summed E-state index contributed by atoms with van der Waals surface area (Å²) in [5.41, 5.74) is 5.68. The summed E-state index contributed by atoms with van der Waals surface area (Å²) in [6, 6.07) is -0.609. The predicted octanol–water partition coefficient (Wildman–Crippen LogP) is 5.05. The van der Waals surface area contributed by atoms with Gasteiger partial charge in [0.1, 0.15) is 25.9 Å². The van der Waals surface area contributed by atoms with Crippen molar-refractivity contribution in [2.45, 2.75) is 172 Å². The number of carbonyl (C=O) groups excluding carboxylic acids is 2. The minimum atomic E-state index is -4.66. The van der Waals surface area contributed by atoms with Crippen molar-refractivity contribution < 1.29 is 78.5 Å². The van der Waals surface area contributed by atoms with Crippen molar-refractivity contribution in [1.29, 1.82) is 0 Å². The van der Waals surface area contributed by atoms with Gasteiger partial charge in [0.25, 0.3) is 7.82 Å². The lowest BCUT2D eigenvalue weighted by atomic mass is 9.94. The Morgan fingerprint density at radius 3 is 2.13 bits per heavy atom. The molecule has 0 radical (unpaired) electrons. The van der Waals surface area contributed by atoms with Crippen LogP contribution in [0.4, 0.5) is 0 Å². The minimum absolute atomic E-state index is 0.0782. The van der Waals surface area contributed by atoms with Crippen LogP contribution in [-0.2, 0) is 61.5 Å². The van der Waals surface area contributed by atoms with Crippen LogP contribution in [0.3, 0.4) is 0 Å². The number of rotatable bonds is 37. The van der Waals surface area contributed by atoms with Gasteiger partial charge in [-0.15, -0.1) is 0 Å². The first-order chi connectivity index (χ1) is 28.8. The predicted molar refractivity (Wildman–Crippen MR) is 225 cm³/mol. The molecule has 0 saturated carbocycles. The Balaban J connectivity index is 1.53. The number of quaternary nitrogens is 1. The van der Waals surface area contributed by atoms with Gasteiger partial charge in [-0.2, -0.15) is 8.42 Å². The number of nitrogens with zero attached hydrogens (tertiary/aromatic N) is 1. The molecule has 0 spiro atoms. The number of unbranched alkanes of at least 4 members (excludes halogenated alkanes) is 14. The third-order valence-corrected chi connectivity index (χ3v) is 11.8. The van der Waals surface area contributed by atoms with E-state index in [1.807, 2.05) is 21.1 Å². The molecule has 18 nitrogen and oxygen atoms in total. The standard InChI is InChI=1S/C41H77N2O16PS/c1-34(44)53-32-36(33-55-60(47,48)54-29-27-43(2,3)4)57-39(46)23-19-15-13-14-18-22-38-40-37(45)24-26-41(58-38,59-40)25-20-16-11-9-7-5-6-8-10-12-17-21-28-52-30-35(42)31-56-61(49,50)51/h19,23,35-38,40,45H,5-18,20-22,24-33,42H2,1-4H3,(H-,47,48,49,50,51)/b23-19+/t35-,36-,37-,38-,40-,41+/m1/s1. The van der Waals surface area contributed by atoms with E-state index >= 15 is 0 Å². The molecule has 7 atom stereocenters. The van der Waals surface area contributed by atoms with Crippen molar-refractivity contribution in [1.82, 2.24) is 0 Å². The molecule has 2 bridgehead atoms. The van der Waals surface area contributed by atoms with Crippen molar-refractivity contribution in [2.24, 2.45) is 5.73 Å². The molecule has 0 aliphatic carbocycles. The third-order valence-electron chi connectivity index (χ3n) is 10.4. The first kappa shape index (κ1) is 55.6. The average molecular weight is 917 g/mol. The molecular formula is C41H77N2O16PS. The number of aliphatic hydroxyl groups excluding tert-OH is 1. The zero-order valence-electron chi connectivity index (χ0n) is 37.1. The molecule has 2 saturated heterocycles. The van der Waals surface area contributed by atoms with Crippen molar-refractivity contribution in [3.05, 3.63) is 12.2 Å². The van der Waals surface area contributed by atoms with E-state index in [0.717, 1.165) is 64.2 Å². The Bertz CT molecular complexity index is 1420. The maximum Gasteiger partial charge on any atom is 0.397 e. The number of phosphoric acid groups is 1. The molecule has 0 aromatic rings. The summed E-state index contributed by atoms with van der Waals surface area (Å²) >= 11 is 0. The van der Waals surface area contributed by atoms with E-state index in [9.17, 15) is 32.6 Å². The number of hydrogen-bond donors (Lipinski definition) is 3. The fraction of sp³-hybridized carbons (Fsp3) is 0.902. The van der Waals surface area contributed by atoms with Crippen LogP contribution >= 0.6 is 7.82 Å². The Labute approximate surface area is 364 Å². The number of likely N-dealkylation sites (N-methyl/N-ethyl adjacent to an activating group) is 1. The van der Waals surface area contributed by atoms with E-state index in [4.69, 9.17) is 43.0 Å².